The molecule has 1 N–H and O–H groups in total. The Labute approximate surface area is 112 Å². The van der Waals surface area contributed by atoms with Crippen LogP contribution in [0.3, 0.4) is 0 Å². The van der Waals surface area contributed by atoms with Gasteiger partial charge in [-0.1, -0.05) is 13.8 Å². The van der Waals surface area contributed by atoms with Gasteiger partial charge in [-0.3, -0.25) is 19.5 Å². The first-order valence-corrected chi connectivity index (χ1v) is 6.35. The molecule has 5 heteroatoms. The highest BCUT2D eigenvalue weighted by Crippen LogP contribution is 2.25. The number of rotatable bonds is 4. The van der Waals surface area contributed by atoms with Crippen LogP contribution in [0.5, 0.6) is 0 Å². The highest BCUT2D eigenvalue weighted by Gasteiger charge is 2.40. The highest BCUT2D eigenvalue weighted by atomic mass is 16.3. The average molecular weight is 262 g/mol. The third-order valence-electron chi connectivity index (χ3n) is 3.08. The van der Waals surface area contributed by atoms with E-state index in [-0.39, 0.29) is 24.1 Å². The summed E-state index contributed by atoms with van der Waals surface area (Å²) < 4.78 is 0. The topological polar surface area (TPSA) is 70.5 Å². The van der Waals surface area contributed by atoms with Crippen molar-refractivity contribution >= 4 is 11.8 Å². The summed E-state index contributed by atoms with van der Waals surface area (Å²) in [5, 5.41) is 10.3. The van der Waals surface area contributed by atoms with Crippen LogP contribution in [-0.2, 0) is 0 Å². The molecule has 0 aromatic carbocycles. The first-order valence-electron chi connectivity index (χ1n) is 6.35. The number of carbonyl (C=O) groups is 2. The maximum Gasteiger partial charge on any atom is 0.280 e. The van der Waals surface area contributed by atoms with Gasteiger partial charge in [0.2, 0.25) is 0 Å². The summed E-state index contributed by atoms with van der Waals surface area (Å²) in [7, 11) is 0. The quantitative estimate of drug-likeness (QED) is 0.834. The minimum atomic E-state index is -1.08. The molecular weight excluding hydrogens is 244 g/mol. The minimum Gasteiger partial charge on any atom is -0.388 e. The fourth-order valence-electron chi connectivity index (χ4n) is 2.54. The molecule has 0 spiro atoms. The maximum absolute atomic E-state index is 12.1. The van der Waals surface area contributed by atoms with E-state index in [2.05, 4.69) is 4.98 Å². The lowest BCUT2D eigenvalue weighted by atomic mass is 9.94. The van der Waals surface area contributed by atoms with Crippen molar-refractivity contribution in [2.75, 3.05) is 6.54 Å². The fourth-order valence-corrected chi connectivity index (χ4v) is 2.54. The molecule has 1 aliphatic heterocycles. The van der Waals surface area contributed by atoms with Crippen molar-refractivity contribution in [3.05, 3.63) is 29.6 Å². The van der Waals surface area contributed by atoms with E-state index in [0.717, 1.165) is 4.90 Å². The largest absolute Gasteiger partial charge is 0.388 e. The number of nitrogens with zero attached hydrogens (tertiary/aromatic N) is 2. The van der Waals surface area contributed by atoms with E-state index in [4.69, 9.17) is 0 Å². The Morgan fingerprint density at radius 3 is 2.63 bits per heavy atom. The van der Waals surface area contributed by atoms with E-state index in [1.165, 1.54) is 6.20 Å². The van der Waals surface area contributed by atoms with E-state index < -0.39 is 11.5 Å². The molecule has 2 amide bonds. The molecule has 2 heterocycles. The summed E-state index contributed by atoms with van der Waals surface area (Å²) in [5.74, 6) is -0.523. The van der Waals surface area contributed by atoms with Crippen molar-refractivity contribution in [2.45, 2.75) is 32.8 Å². The molecule has 0 aliphatic carbocycles. The van der Waals surface area contributed by atoms with Gasteiger partial charge in [-0.15, -0.1) is 0 Å². The molecular formula is C14H18N2O3. The van der Waals surface area contributed by atoms with Crippen LogP contribution in [0.1, 0.15) is 48.0 Å². The Kier molecular flexibility index (Phi) is 3.41. The number of hydrogen-bond acceptors (Lipinski definition) is 4. The number of fused-ring (bicyclic) bond motifs is 1. The van der Waals surface area contributed by atoms with Crippen LogP contribution in [0.25, 0.3) is 0 Å². The van der Waals surface area contributed by atoms with E-state index in [1.54, 1.807) is 19.1 Å². The zero-order chi connectivity index (χ0) is 14.2. The van der Waals surface area contributed by atoms with Gasteiger partial charge >= 0.3 is 0 Å². The number of amides is 2. The molecule has 1 aromatic heterocycles. The molecule has 0 fully saturated rings. The maximum atomic E-state index is 12.1. The molecule has 2 rings (SSSR count). The zero-order valence-corrected chi connectivity index (χ0v) is 11.4. The van der Waals surface area contributed by atoms with Gasteiger partial charge in [0.05, 0.1) is 17.7 Å². The van der Waals surface area contributed by atoms with Crippen molar-refractivity contribution in [1.29, 1.82) is 0 Å². The second kappa shape index (κ2) is 4.74. The first kappa shape index (κ1) is 13.7. The molecule has 0 radical (unpaired) electrons. The van der Waals surface area contributed by atoms with Crippen LogP contribution in [0, 0.1) is 5.92 Å². The van der Waals surface area contributed by atoms with Crippen LogP contribution in [0.15, 0.2) is 18.3 Å². The number of aliphatic hydroxyl groups is 1. The van der Waals surface area contributed by atoms with Crippen LogP contribution in [-0.4, -0.2) is 39.0 Å². The van der Waals surface area contributed by atoms with Crippen molar-refractivity contribution in [3.8, 4) is 0 Å². The van der Waals surface area contributed by atoms with E-state index in [9.17, 15) is 14.7 Å². The van der Waals surface area contributed by atoms with Gasteiger partial charge in [0.15, 0.2) is 0 Å². The average Bonchev–Trinajstić information content (AvgIpc) is 2.53. The van der Waals surface area contributed by atoms with Gasteiger partial charge < -0.3 is 5.11 Å². The summed E-state index contributed by atoms with van der Waals surface area (Å²) in [6, 6.07) is 3.21. The van der Waals surface area contributed by atoms with Gasteiger partial charge in [0.25, 0.3) is 11.8 Å². The third kappa shape index (κ3) is 2.66. The van der Waals surface area contributed by atoms with E-state index in [1.807, 2.05) is 13.8 Å². The lowest BCUT2D eigenvalue weighted by Crippen LogP contribution is -2.44. The summed E-state index contributed by atoms with van der Waals surface area (Å²) in [4.78, 5) is 29.2. The normalized spacial score (nSPS) is 17.8. The number of hydrogen-bond donors (Lipinski definition) is 1. The molecule has 102 valence electrons. The monoisotopic (exact) mass is 262 g/mol. The molecule has 0 bridgehead atoms. The SMILES string of the molecule is CC(C)CC(C)(O)CN1C(=O)c2cccnc2C1=O. The minimum absolute atomic E-state index is 0.000787. The number of imide groups is 1. The molecule has 1 unspecified atom stereocenters. The summed E-state index contributed by atoms with van der Waals surface area (Å²) >= 11 is 0. The Hall–Kier alpha value is -1.75. The second-order valence-corrected chi connectivity index (χ2v) is 5.69. The van der Waals surface area contributed by atoms with Crippen LogP contribution in [0.4, 0.5) is 0 Å². The van der Waals surface area contributed by atoms with Crippen LogP contribution in [0.2, 0.25) is 0 Å². The van der Waals surface area contributed by atoms with Crippen LogP contribution >= 0.6 is 0 Å². The number of carbonyl (C=O) groups excluding carboxylic acids is 2. The Balaban J connectivity index is 2.21. The van der Waals surface area contributed by atoms with Gasteiger partial charge in [0.1, 0.15) is 5.69 Å². The molecule has 5 nitrogen and oxygen atoms in total. The third-order valence-corrected chi connectivity index (χ3v) is 3.08. The van der Waals surface area contributed by atoms with Gasteiger partial charge in [-0.05, 0) is 31.4 Å². The predicted octanol–water partition coefficient (Wildman–Crippen LogP) is 1.47. The Morgan fingerprint density at radius 1 is 1.37 bits per heavy atom. The Morgan fingerprint density at radius 2 is 2.05 bits per heavy atom. The van der Waals surface area contributed by atoms with Crippen molar-refractivity contribution in [1.82, 2.24) is 9.88 Å². The fraction of sp³-hybridized carbons (Fsp3) is 0.500. The van der Waals surface area contributed by atoms with Gasteiger partial charge in [-0.25, -0.2) is 0 Å². The van der Waals surface area contributed by atoms with Gasteiger partial charge in [0, 0.05) is 6.20 Å². The van der Waals surface area contributed by atoms with Gasteiger partial charge in [-0.2, -0.15) is 0 Å². The zero-order valence-electron chi connectivity index (χ0n) is 11.4. The summed E-state index contributed by atoms with van der Waals surface area (Å²) in [6.07, 6.45) is 2.01. The molecule has 0 saturated heterocycles. The number of aromatic nitrogens is 1. The summed E-state index contributed by atoms with van der Waals surface area (Å²) in [5.41, 5.74) is -0.595. The number of β-amino-alcohol motifs (C(OH)–C–C–N with tert-alkyl or cyclic N) is 1. The second-order valence-electron chi connectivity index (χ2n) is 5.69. The molecule has 1 atom stereocenters. The number of pyridine rings is 1. The summed E-state index contributed by atoms with van der Waals surface area (Å²) in [6.45, 7) is 5.61. The molecule has 1 aliphatic rings. The lowest BCUT2D eigenvalue weighted by molar-refractivity contribution is 0.00689. The molecule has 0 saturated carbocycles. The smallest absolute Gasteiger partial charge is 0.280 e. The molecule has 1 aromatic rings. The standard InChI is InChI=1S/C14H18N2O3/c1-9(2)7-14(3,19)8-16-12(17)10-5-4-6-15-11(10)13(16)18/h4-6,9,19H,7-8H2,1-3H3. The van der Waals surface area contributed by atoms with Crippen molar-refractivity contribution in [3.63, 3.8) is 0 Å². The van der Waals surface area contributed by atoms with E-state index in [0.29, 0.717) is 12.0 Å². The Bertz CT molecular complexity index is 488. The molecule has 19 heavy (non-hydrogen) atoms. The van der Waals surface area contributed by atoms with Crippen molar-refractivity contribution < 1.29 is 14.7 Å². The van der Waals surface area contributed by atoms with E-state index >= 15 is 0 Å². The lowest BCUT2D eigenvalue weighted by Gasteiger charge is -2.29. The van der Waals surface area contributed by atoms with Crippen LogP contribution < -0.4 is 0 Å². The first-order chi connectivity index (χ1) is 8.82. The highest BCUT2D eigenvalue weighted by molar-refractivity contribution is 6.20. The van der Waals surface area contributed by atoms with Crippen molar-refractivity contribution in [2.24, 2.45) is 5.92 Å². The predicted molar refractivity (Wildman–Crippen MR) is 69.7 cm³/mol.